The Hall–Kier alpha value is -2.31. The number of piperidine rings is 2. The van der Waals surface area contributed by atoms with Crippen LogP contribution in [0.1, 0.15) is 31.2 Å². The Morgan fingerprint density at radius 1 is 1.13 bits per heavy atom. The molecule has 2 fully saturated rings. The van der Waals surface area contributed by atoms with E-state index in [2.05, 4.69) is 45.9 Å². The first-order chi connectivity index (χ1) is 14.6. The molecule has 0 spiro atoms. The maximum absolute atomic E-state index is 13.7. The molecule has 2 aromatic rings. The number of anilines is 1. The molecule has 1 amide bonds. The van der Waals surface area contributed by atoms with E-state index in [1.165, 1.54) is 18.1 Å². The van der Waals surface area contributed by atoms with E-state index >= 15 is 0 Å². The molecule has 0 radical (unpaired) electrons. The van der Waals surface area contributed by atoms with Crippen molar-refractivity contribution in [3.63, 3.8) is 0 Å². The minimum absolute atomic E-state index is 0.0314. The SMILES string of the molecule is O=C(CCC[C@H]1NC[C@@H]2C[C@H]1CN(Cc1ccccc1)C2)Nc1ccc(F)cc1F. The maximum atomic E-state index is 13.7. The number of carbonyl (C=O) groups is 1. The van der Waals surface area contributed by atoms with Gasteiger partial charge in [-0.1, -0.05) is 30.3 Å². The highest BCUT2D eigenvalue weighted by Gasteiger charge is 2.36. The number of benzene rings is 2. The number of hydrogen-bond acceptors (Lipinski definition) is 3. The summed E-state index contributed by atoms with van der Waals surface area (Å²) in [6.45, 7) is 4.23. The number of likely N-dealkylation sites (tertiary alicyclic amines) is 1. The molecule has 0 aromatic heterocycles. The predicted molar refractivity (Wildman–Crippen MR) is 114 cm³/mol. The molecule has 0 saturated carbocycles. The zero-order valence-corrected chi connectivity index (χ0v) is 17.1. The van der Waals surface area contributed by atoms with Crippen LogP contribution < -0.4 is 10.6 Å². The van der Waals surface area contributed by atoms with Gasteiger partial charge in [0, 0.05) is 38.2 Å². The zero-order valence-electron chi connectivity index (χ0n) is 17.1. The molecule has 4 nitrogen and oxygen atoms in total. The highest BCUT2D eigenvalue weighted by molar-refractivity contribution is 5.90. The average Bonchev–Trinajstić information content (AvgIpc) is 2.72. The molecule has 2 saturated heterocycles. The standard InChI is InChI=1S/C24H29F2N3O/c25-20-9-10-23(21(26)12-20)28-24(30)8-4-7-22-19-11-18(13-27-22)15-29(16-19)14-17-5-2-1-3-6-17/h1-3,5-6,9-10,12,18-19,22,27H,4,7-8,11,13-16H2,(H,28,30)/t18-,19-,22+/m0/s1. The topological polar surface area (TPSA) is 44.4 Å². The van der Waals surface area contributed by atoms with Crippen molar-refractivity contribution >= 4 is 11.6 Å². The van der Waals surface area contributed by atoms with Crippen molar-refractivity contribution in [2.24, 2.45) is 11.8 Å². The van der Waals surface area contributed by atoms with Gasteiger partial charge in [-0.05, 0) is 55.3 Å². The summed E-state index contributed by atoms with van der Waals surface area (Å²) in [4.78, 5) is 14.7. The third-order valence-corrected chi connectivity index (χ3v) is 6.26. The van der Waals surface area contributed by atoms with Gasteiger partial charge in [0.2, 0.25) is 5.91 Å². The number of hydrogen-bond donors (Lipinski definition) is 2. The van der Waals surface area contributed by atoms with E-state index in [4.69, 9.17) is 0 Å². The first-order valence-electron chi connectivity index (χ1n) is 10.8. The summed E-state index contributed by atoms with van der Waals surface area (Å²) in [5.41, 5.74) is 1.38. The van der Waals surface area contributed by atoms with Crippen LogP contribution >= 0.6 is 0 Å². The normalized spacial score (nSPS) is 23.9. The van der Waals surface area contributed by atoms with Crippen LogP contribution in [0, 0.1) is 23.5 Å². The van der Waals surface area contributed by atoms with Crippen LogP contribution in [-0.2, 0) is 11.3 Å². The van der Waals surface area contributed by atoms with Crippen molar-refractivity contribution in [2.75, 3.05) is 25.0 Å². The molecule has 0 unspecified atom stereocenters. The van der Waals surface area contributed by atoms with E-state index in [1.54, 1.807) is 0 Å². The number of nitrogens with zero attached hydrogens (tertiary/aromatic N) is 1. The molecule has 3 atom stereocenters. The van der Waals surface area contributed by atoms with Crippen molar-refractivity contribution in [3.8, 4) is 0 Å². The third kappa shape index (κ3) is 5.43. The zero-order chi connectivity index (χ0) is 20.9. The number of nitrogens with one attached hydrogen (secondary N) is 2. The summed E-state index contributed by atoms with van der Waals surface area (Å²) in [6, 6.07) is 14.2. The Balaban J connectivity index is 1.24. The van der Waals surface area contributed by atoms with Gasteiger partial charge in [-0.2, -0.15) is 0 Å². The Bertz CT molecular complexity index is 861. The lowest BCUT2D eigenvalue weighted by molar-refractivity contribution is -0.116. The molecule has 2 aliphatic heterocycles. The van der Waals surface area contributed by atoms with Crippen LogP contribution in [0.15, 0.2) is 48.5 Å². The van der Waals surface area contributed by atoms with E-state index in [0.717, 1.165) is 51.2 Å². The van der Waals surface area contributed by atoms with Crippen LogP contribution in [-0.4, -0.2) is 36.5 Å². The molecule has 30 heavy (non-hydrogen) atoms. The van der Waals surface area contributed by atoms with E-state index in [0.29, 0.717) is 24.3 Å². The second-order valence-electron chi connectivity index (χ2n) is 8.62. The Labute approximate surface area is 176 Å². The minimum atomic E-state index is -0.746. The van der Waals surface area contributed by atoms with Gasteiger partial charge in [-0.3, -0.25) is 9.69 Å². The second-order valence-corrected chi connectivity index (χ2v) is 8.62. The largest absolute Gasteiger partial charge is 0.324 e. The van der Waals surface area contributed by atoms with Crippen molar-refractivity contribution in [3.05, 3.63) is 65.7 Å². The summed E-state index contributed by atoms with van der Waals surface area (Å²) < 4.78 is 26.7. The first-order valence-corrected chi connectivity index (χ1v) is 10.8. The molecule has 6 heteroatoms. The van der Waals surface area contributed by atoms with Gasteiger partial charge in [-0.15, -0.1) is 0 Å². The van der Waals surface area contributed by atoms with Gasteiger partial charge >= 0.3 is 0 Å². The first kappa shape index (κ1) is 20.9. The lowest BCUT2D eigenvalue weighted by atomic mass is 9.79. The third-order valence-electron chi connectivity index (χ3n) is 6.26. The molecule has 2 aliphatic rings. The van der Waals surface area contributed by atoms with Gasteiger partial charge in [0.1, 0.15) is 11.6 Å². The fourth-order valence-electron chi connectivity index (χ4n) is 4.87. The molecule has 0 aliphatic carbocycles. The predicted octanol–water partition coefficient (Wildman–Crippen LogP) is 4.18. The van der Waals surface area contributed by atoms with Crippen LogP contribution in [0.25, 0.3) is 0 Å². The average molecular weight is 414 g/mol. The van der Waals surface area contributed by atoms with E-state index in [1.807, 2.05) is 0 Å². The van der Waals surface area contributed by atoms with E-state index in [9.17, 15) is 13.6 Å². The molecule has 160 valence electrons. The van der Waals surface area contributed by atoms with Gasteiger partial charge < -0.3 is 10.6 Å². The highest BCUT2D eigenvalue weighted by atomic mass is 19.1. The molecule has 2 N–H and O–H groups in total. The number of amides is 1. The summed E-state index contributed by atoms with van der Waals surface area (Å²) >= 11 is 0. The van der Waals surface area contributed by atoms with Gasteiger partial charge in [0.25, 0.3) is 0 Å². The number of halogens is 2. The fraction of sp³-hybridized carbons (Fsp3) is 0.458. The van der Waals surface area contributed by atoms with Crippen LogP contribution in [0.3, 0.4) is 0 Å². The smallest absolute Gasteiger partial charge is 0.224 e. The molecule has 2 aromatic carbocycles. The quantitative estimate of drug-likeness (QED) is 0.716. The summed E-state index contributed by atoms with van der Waals surface area (Å²) in [5.74, 6) is -0.346. The lowest BCUT2D eigenvalue weighted by Crippen LogP contribution is -2.55. The summed E-state index contributed by atoms with van der Waals surface area (Å²) in [6.07, 6.45) is 3.25. The van der Waals surface area contributed by atoms with Crippen LogP contribution in [0.4, 0.5) is 14.5 Å². The van der Waals surface area contributed by atoms with Crippen LogP contribution in [0.5, 0.6) is 0 Å². The van der Waals surface area contributed by atoms with Gasteiger partial charge in [0.05, 0.1) is 5.69 Å². The van der Waals surface area contributed by atoms with Crippen molar-refractivity contribution in [2.45, 2.75) is 38.3 Å². The second kappa shape index (κ2) is 9.67. The molecular formula is C24H29F2N3O. The lowest BCUT2D eigenvalue weighted by Gasteiger charge is -2.46. The molecule has 4 rings (SSSR count). The van der Waals surface area contributed by atoms with Crippen molar-refractivity contribution in [1.82, 2.24) is 10.2 Å². The van der Waals surface area contributed by atoms with Gasteiger partial charge in [-0.25, -0.2) is 8.78 Å². The molecule has 2 bridgehead atoms. The van der Waals surface area contributed by atoms with Crippen molar-refractivity contribution < 1.29 is 13.6 Å². The summed E-state index contributed by atoms with van der Waals surface area (Å²) in [5, 5.41) is 6.23. The monoisotopic (exact) mass is 413 g/mol. The maximum Gasteiger partial charge on any atom is 0.224 e. The summed E-state index contributed by atoms with van der Waals surface area (Å²) in [7, 11) is 0. The van der Waals surface area contributed by atoms with Crippen molar-refractivity contribution in [1.29, 1.82) is 0 Å². The van der Waals surface area contributed by atoms with E-state index < -0.39 is 11.6 Å². The Morgan fingerprint density at radius 3 is 2.77 bits per heavy atom. The Morgan fingerprint density at radius 2 is 1.97 bits per heavy atom. The fourth-order valence-corrected chi connectivity index (χ4v) is 4.87. The number of fused-ring (bicyclic) bond motifs is 2. The minimum Gasteiger partial charge on any atom is -0.324 e. The number of rotatable bonds is 7. The van der Waals surface area contributed by atoms with E-state index in [-0.39, 0.29) is 11.6 Å². The highest BCUT2D eigenvalue weighted by Crippen LogP contribution is 2.31. The Kier molecular flexibility index (Phi) is 6.75. The number of carbonyl (C=O) groups excluding carboxylic acids is 1. The van der Waals surface area contributed by atoms with Gasteiger partial charge in [0.15, 0.2) is 0 Å². The van der Waals surface area contributed by atoms with Crippen LogP contribution in [0.2, 0.25) is 0 Å². The molecule has 2 heterocycles. The molecular weight excluding hydrogens is 384 g/mol.